The average molecular weight is 520 g/mol. The van der Waals surface area contributed by atoms with Crippen LogP contribution in [0.2, 0.25) is 0 Å². The first-order valence-corrected chi connectivity index (χ1v) is 13.6. The van der Waals surface area contributed by atoms with Crippen molar-refractivity contribution in [2.75, 3.05) is 24.6 Å². The van der Waals surface area contributed by atoms with Crippen LogP contribution in [0.3, 0.4) is 0 Å². The zero-order valence-electron chi connectivity index (χ0n) is 22.2. The number of aromatic nitrogens is 2. The molecule has 5 rings (SSSR count). The van der Waals surface area contributed by atoms with Gasteiger partial charge in [-0.2, -0.15) is 0 Å². The van der Waals surface area contributed by atoms with E-state index in [1.165, 1.54) is 5.56 Å². The zero-order chi connectivity index (χ0) is 26.5. The third-order valence-electron chi connectivity index (χ3n) is 6.75. The van der Waals surface area contributed by atoms with Crippen molar-refractivity contribution >= 4 is 43.6 Å². The maximum Gasteiger partial charge on any atom is 0.337 e. The van der Waals surface area contributed by atoms with Crippen molar-refractivity contribution in [3.8, 4) is 16.9 Å². The van der Waals surface area contributed by atoms with Crippen molar-refractivity contribution in [3.05, 3.63) is 47.2 Å². The number of carbonyl (C=O) groups is 1. The van der Waals surface area contributed by atoms with Crippen LogP contribution in [0.15, 0.2) is 30.5 Å². The highest BCUT2D eigenvalue weighted by Gasteiger charge is 2.33. The number of aryl methyl sites for hydroxylation is 1. The molecule has 0 bridgehead atoms. The van der Waals surface area contributed by atoms with Gasteiger partial charge >= 0.3 is 5.97 Å². The molecule has 8 heteroatoms. The van der Waals surface area contributed by atoms with Gasteiger partial charge in [0.1, 0.15) is 5.75 Å². The van der Waals surface area contributed by atoms with Gasteiger partial charge in [0.15, 0.2) is 11.2 Å². The van der Waals surface area contributed by atoms with Crippen LogP contribution in [0.1, 0.15) is 57.4 Å². The van der Waals surface area contributed by atoms with E-state index in [4.69, 9.17) is 19.4 Å². The number of thiazole rings is 1. The molecule has 2 aromatic carbocycles. The van der Waals surface area contributed by atoms with Gasteiger partial charge in [-0.3, -0.25) is 4.98 Å². The quantitative estimate of drug-likeness (QED) is 0.297. The van der Waals surface area contributed by atoms with Crippen LogP contribution in [0.4, 0.5) is 5.13 Å². The predicted octanol–water partition coefficient (Wildman–Crippen LogP) is 6.54. The summed E-state index contributed by atoms with van der Waals surface area (Å²) in [6.07, 6.45) is 1.49. The normalized spacial score (nSPS) is 14.1. The summed E-state index contributed by atoms with van der Waals surface area (Å²) in [5.74, 6) is -0.210. The maximum absolute atomic E-state index is 12.7. The number of anilines is 1. The number of carboxylic acids is 1. The molecule has 4 aromatic rings. The predicted molar refractivity (Wildman–Crippen MR) is 149 cm³/mol. The summed E-state index contributed by atoms with van der Waals surface area (Å²) in [6, 6.07) is 8.01. The fraction of sp³-hybridized carbons (Fsp3) is 0.414. The van der Waals surface area contributed by atoms with Gasteiger partial charge < -0.3 is 19.5 Å². The first-order chi connectivity index (χ1) is 17.6. The molecule has 0 spiro atoms. The van der Waals surface area contributed by atoms with Crippen LogP contribution in [0.5, 0.6) is 5.75 Å². The molecule has 194 valence electrons. The standard InChI is InChI=1S/C29H33N3O4S/c1-7-32(8-2)28-31-19-15-16(3)21(25(27(33)34)36-29(4,5)6)23(26(19)37-28)18-9-10-20-22-17(12-14-35-20)11-13-30-24(18)22/h9-11,13,15,25H,7-8,12,14H2,1-6H3,(H,33,34). The third kappa shape index (κ3) is 4.53. The van der Waals surface area contributed by atoms with Gasteiger partial charge in [-0.25, -0.2) is 9.78 Å². The van der Waals surface area contributed by atoms with Gasteiger partial charge in [-0.05, 0) is 76.9 Å². The van der Waals surface area contributed by atoms with E-state index in [2.05, 4.69) is 18.7 Å². The Kier molecular flexibility index (Phi) is 6.58. The summed E-state index contributed by atoms with van der Waals surface area (Å²) in [5, 5.41) is 12.3. The molecule has 37 heavy (non-hydrogen) atoms. The Labute approximate surface area is 221 Å². The molecule has 0 saturated carbocycles. The summed E-state index contributed by atoms with van der Waals surface area (Å²) in [6.45, 7) is 14.1. The number of pyridine rings is 1. The SMILES string of the molecule is CCN(CC)c1nc2cc(C)c(C(OC(C)(C)C)C(=O)O)c(-c3ccc4c5c(ccnc35)CCO4)c2s1. The first kappa shape index (κ1) is 25.4. The second-order valence-corrected chi connectivity index (χ2v) is 11.3. The van der Waals surface area contributed by atoms with E-state index in [9.17, 15) is 9.90 Å². The van der Waals surface area contributed by atoms with Crippen LogP contribution >= 0.6 is 11.3 Å². The summed E-state index contributed by atoms with van der Waals surface area (Å²) < 4.78 is 13.1. The Morgan fingerprint density at radius 1 is 1.24 bits per heavy atom. The van der Waals surface area contributed by atoms with E-state index in [1.54, 1.807) is 11.3 Å². The second-order valence-electron chi connectivity index (χ2n) is 10.4. The molecule has 1 aliphatic rings. The number of nitrogens with zero attached hydrogens (tertiary/aromatic N) is 3. The lowest BCUT2D eigenvalue weighted by molar-refractivity contribution is -0.160. The fourth-order valence-corrected chi connectivity index (χ4v) is 6.37. The number of hydrogen-bond acceptors (Lipinski definition) is 7. The highest BCUT2D eigenvalue weighted by atomic mass is 32.1. The molecule has 1 aliphatic heterocycles. The largest absolute Gasteiger partial charge is 0.493 e. The van der Waals surface area contributed by atoms with Crippen LogP contribution in [0.25, 0.3) is 32.2 Å². The summed E-state index contributed by atoms with van der Waals surface area (Å²) in [7, 11) is 0. The minimum atomic E-state index is -1.15. The number of hydrogen-bond donors (Lipinski definition) is 1. The van der Waals surface area contributed by atoms with Crippen molar-refractivity contribution in [3.63, 3.8) is 0 Å². The molecular weight excluding hydrogens is 486 g/mol. The van der Waals surface area contributed by atoms with Crippen LogP contribution in [0, 0.1) is 6.92 Å². The number of benzene rings is 2. The van der Waals surface area contributed by atoms with Gasteiger partial charge in [0.25, 0.3) is 0 Å². The van der Waals surface area contributed by atoms with Crippen LogP contribution in [-0.4, -0.2) is 46.3 Å². The van der Waals surface area contributed by atoms with Crippen molar-refractivity contribution in [2.24, 2.45) is 0 Å². The maximum atomic E-state index is 12.7. The lowest BCUT2D eigenvalue weighted by Crippen LogP contribution is -2.28. The highest BCUT2D eigenvalue weighted by molar-refractivity contribution is 7.22. The fourth-order valence-electron chi connectivity index (χ4n) is 5.12. The highest BCUT2D eigenvalue weighted by Crippen LogP contribution is 2.47. The Hall–Kier alpha value is -3.23. The van der Waals surface area contributed by atoms with E-state index >= 15 is 0 Å². The van der Waals surface area contributed by atoms with Crippen molar-refractivity contribution in [1.82, 2.24) is 9.97 Å². The molecule has 0 radical (unpaired) electrons. The molecule has 1 N–H and O–H groups in total. The smallest absolute Gasteiger partial charge is 0.337 e. The van der Waals surface area contributed by atoms with Gasteiger partial charge in [-0.1, -0.05) is 11.3 Å². The molecule has 0 aliphatic carbocycles. The molecule has 0 amide bonds. The van der Waals surface area contributed by atoms with E-state index in [1.807, 2.05) is 58.2 Å². The topological polar surface area (TPSA) is 84.8 Å². The summed E-state index contributed by atoms with van der Waals surface area (Å²) in [5.41, 5.74) is 5.34. The molecular formula is C29H33N3O4S. The molecule has 0 saturated heterocycles. The molecule has 7 nitrogen and oxygen atoms in total. The van der Waals surface area contributed by atoms with Crippen molar-refractivity contribution < 1.29 is 19.4 Å². The summed E-state index contributed by atoms with van der Waals surface area (Å²) >= 11 is 1.59. The van der Waals surface area contributed by atoms with E-state index in [0.717, 1.165) is 68.2 Å². The van der Waals surface area contributed by atoms with E-state index in [0.29, 0.717) is 12.2 Å². The van der Waals surface area contributed by atoms with Gasteiger partial charge in [0, 0.05) is 47.8 Å². The zero-order valence-corrected chi connectivity index (χ0v) is 23.0. The van der Waals surface area contributed by atoms with Crippen molar-refractivity contribution in [2.45, 2.75) is 59.7 Å². The van der Waals surface area contributed by atoms with Gasteiger partial charge in [-0.15, -0.1) is 0 Å². The number of aliphatic carboxylic acids is 1. The van der Waals surface area contributed by atoms with Crippen LogP contribution in [-0.2, 0) is 16.0 Å². The van der Waals surface area contributed by atoms with Crippen molar-refractivity contribution in [1.29, 1.82) is 0 Å². The number of ether oxygens (including phenoxy) is 2. The van der Waals surface area contributed by atoms with E-state index < -0.39 is 17.7 Å². The van der Waals surface area contributed by atoms with Crippen LogP contribution < -0.4 is 9.64 Å². The Bertz CT molecular complexity index is 1490. The molecule has 2 aromatic heterocycles. The Morgan fingerprint density at radius 2 is 2.00 bits per heavy atom. The molecule has 3 heterocycles. The number of fused-ring (bicyclic) bond motifs is 1. The molecule has 1 atom stereocenters. The van der Waals surface area contributed by atoms with Gasteiger partial charge in [0.05, 0.1) is 27.9 Å². The molecule has 0 fully saturated rings. The monoisotopic (exact) mass is 519 g/mol. The minimum Gasteiger partial charge on any atom is -0.493 e. The third-order valence-corrected chi connectivity index (χ3v) is 7.90. The number of carboxylic acid groups (broad SMARTS) is 1. The number of rotatable bonds is 7. The minimum absolute atomic E-state index is 0.633. The lowest BCUT2D eigenvalue weighted by atomic mass is 9.89. The molecule has 1 unspecified atom stereocenters. The summed E-state index contributed by atoms with van der Waals surface area (Å²) in [4.78, 5) is 24.7. The average Bonchev–Trinajstić information content (AvgIpc) is 3.26. The lowest BCUT2D eigenvalue weighted by Gasteiger charge is -2.28. The Morgan fingerprint density at radius 3 is 2.68 bits per heavy atom. The first-order valence-electron chi connectivity index (χ1n) is 12.8. The second kappa shape index (κ2) is 9.58. The van der Waals surface area contributed by atoms with Gasteiger partial charge in [0.2, 0.25) is 0 Å². The van der Waals surface area contributed by atoms with E-state index in [-0.39, 0.29) is 0 Å². The Balaban J connectivity index is 1.89.